The maximum atomic E-state index is 14.6. The minimum absolute atomic E-state index is 0.0349. The standard InChI is InChI=1S/C96H164N4O47/c1-7-9-11-13-15-17-19-21-22-24-26-28-30-32-34-36-66(118)100-54(55(112)35-33-31-29-27-25-23-20-18-16-14-12-10-8-2)48-134-88-76(125)75(124)80(64(46-106)137-88)140-90-78(127)86(147-96(93(132)133)40-58(115)69(99-52(6)111)84(145-96)74(123)63(45-105)142-94(91(128)129)38-56(113)67(97-50(4)109)82(143-94)70(119)59(116)41-101)81(65(47-107)138-90)141-87-53(37-49(3)108)79(72(121)61(43-103)135-87)139-89-77(126)85(73(122)62(44-104)136-89)146-95(92(130)131)39-57(114)68(98-51(5)110)83(144-95)71(120)60(117)42-102/h21-22,33,35,53-65,67-90,101-107,112-117,119-127H,7-20,23-32,34,36-48H2,1-6H3,(H,97,109)(H,98,110)(H,99,111)(H,100,118)(H,128,129)(H,130,131)(H,132,133)/t53-,54+,55-,56+,57+,58+,59-,60-,61-,62-,63-,64-,65-,67-,68-,69-,70-,71-,72+,73+,74-,75-,76-,77-,78-,79-,80-,81+,82?,83?,84?,85+,86-,87+,88-,89+,90+,94-,95+,96+/m1/s1. The summed E-state index contributed by atoms with van der Waals surface area (Å²) in [4.78, 5) is 108. The van der Waals surface area contributed by atoms with Gasteiger partial charge in [-0.05, 0) is 51.9 Å². The van der Waals surface area contributed by atoms with Crippen molar-refractivity contribution in [3.8, 4) is 0 Å². The highest BCUT2D eigenvalue weighted by atomic mass is 16.8. The van der Waals surface area contributed by atoms with Gasteiger partial charge in [-0.1, -0.05) is 154 Å². The number of rotatable bonds is 66. The molecule has 4 amide bonds. The lowest BCUT2D eigenvalue weighted by atomic mass is 9.86. The van der Waals surface area contributed by atoms with Crippen LogP contribution in [0.5, 0.6) is 0 Å². The molecule has 0 aliphatic carbocycles. The van der Waals surface area contributed by atoms with Crippen LogP contribution in [-0.4, -0.2) is 465 Å². The number of aliphatic hydroxyl groups is 22. The summed E-state index contributed by atoms with van der Waals surface area (Å²) in [5.41, 5.74) is 0. The number of unbranched alkanes of at least 4 members (excludes halogenated alkanes) is 22. The largest absolute Gasteiger partial charge is 0.477 e. The molecule has 7 heterocycles. The summed E-state index contributed by atoms with van der Waals surface area (Å²) in [6, 6.07) is -7.09. The second-order valence-electron chi connectivity index (χ2n) is 39.2. The summed E-state index contributed by atoms with van der Waals surface area (Å²) in [5, 5.41) is 296. The number of hydrogen-bond acceptors (Lipinski definition) is 44. The smallest absolute Gasteiger partial charge is 0.364 e. The van der Waals surface area contributed by atoms with E-state index in [0.29, 0.717) is 19.3 Å². The number of amides is 4. The highest BCUT2D eigenvalue weighted by molar-refractivity contribution is 5.79. The molecule has 0 aromatic carbocycles. The van der Waals surface area contributed by atoms with Gasteiger partial charge in [-0.25, -0.2) is 14.4 Å². The lowest BCUT2D eigenvalue weighted by Gasteiger charge is -2.53. The number of aliphatic carboxylic acids is 3. The van der Waals surface area contributed by atoms with E-state index in [2.05, 4.69) is 47.3 Å². The Labute approximate surface area is 852 Å². The van der Waals surface area contributed by atoms with Crippen molar-refractivity contribution in [2.75, 3.05) is 52.9 Å². The minimum atomic E-state index is -3.80. The van der Waals surface area contributed by atoms with Crippen LogP contribution in [0.25, 0.3) is 0 Å². The Morgan fingerprint density at radius 1 is 0.388 bits per heavy atom. The van der Waals surface area contributed by atoms with Crippen molar-refractivity contribution in [3.63, 3.8) is 0 Å². The second kappa shape index (κ2) is 63.1. The molecule has 0 bridgehead atoms. The number of carbonyl (C=O) groups excluding carboxylic acids is 5. The van der Waals surface area contributed by atoms with Gasteiger partial charge in [0.25, 0.3) is 17.4 Å². The van der Waals surface area contributed by atoms with Gasteiger partial charge < -0.3 is 220 Å². The number of carboxylic acids is 3. The van der Waals surface area contributed by atoms with Crippen molar-refractivity contribution in [1.29, 1.82) is 0 Å². The zero-order valence-electron chi connectivity index (χ0n) is 84.2. The van der Waals surface area contributed by atoms with Gasteiger partial charge >= 0.3 is 17.9 Å². The number of hydrogen-bond donors (Lipinski definition) is 29. The molecule has 7 fully saturated rings. The molecule has 0 radical (unpaired) electrons. The van der Waals surface area contributed by atoms with E-state index in [9.17, 15) is 166 Å². The molecule has 7 saturated heterocycles. The molecule has 7 aliphatic rings. The molecule has 51 nitrogen and oxygen atoms in total. The van der Waals surface area contributed by atoms with Gasteiger partial charge in [0.05, 0.1) is 108 Å². The first-order valence-corrected chi connectivity index (χ1v) is 51.2. The van der Waals surface area contributed by atoms with E-state index in [4.69, 9.17) is 66.3 Å². The SMILES string of the molecule is CCCCCCCCC=CCCCCCCCC(=O)N[C@@H](CO[C@@H]1O[C@H](CO)[C@@H](O[C@@H]2O[C@H](CO)[C@H](O[C@@H]3O[C@H](CO)[C@H](O)[C@H](O[C@@H]4O[C@H](CO)[C@H](O)[C@H](O[C@]5(C(=O)O)C[C@H](O)[C@@H](NC(C)=O)C([C@H](O)[C@H](O)CO)O5)[C@H]4O)[C@H]3CC(C)=O)[C@H](O[C@]3(C(=O)O)C[C@H](O)[C@@H](NC(C)=O)C([C@H](O)[C@@H](CO)O[C@]4(C(=O)O)C[C@H](O)[C@@H](NC(C)=O)C([C@H](O)[C@H](O)CO)O4)O3)[C@H]2O)[C@H](O)[C@H]1O)[C@H](O)C=CCCCCCCCCCCCCC. The fraction of sp³-hybridized carbons (Fsp3) is 0.875. The molecular formula is C96H164N4O47. The molecule has 147 heavy (non-hydrogen) atoms. The van der Waals surface area contributed by atoms with Crippen molar-refractivity contribution in [3.05, 3.63) is 24.3 Å². The van der Waals surface area contributed by atoms with Crippen LogP contribution in [0.3, 0.4) is 0 Å². The minimum Gasteiger partial charge on any atom is -0.477 e. The third kappa shape index (κ3) is 36.0. The Morgan fingerprint density at radius 2 is 0.755 bits per heavy atom. The number of aliphatic hydroxyl groups excluding tert-OH is 22. The van der Waals surface area contributed by atoms with Crippen molar-refractivity contribution < 1.29 is 232 Å². The van der Waals surface area contributed by atoms with Crippen LogP contribution in [0.15, 0.2) is 24.3 Å². The molecule has 51 heteroatoms. The summed E-state index contributed by atoms with van der Waals surface area (Å²) in [5.74, 6) is -23.9. The Balaban J connectivity index is 1.26. The Bertz CT molecular complexity index is 3970. The van der Waals surface area contributed by atoms with Crippen molar-refractivity contribution in [1.82, 2.24) is 21.3 Å². The highest BCUT2D eigenvalue weighted by Gasteiger charge is 2.66. The van der Waals surface area contributed by atoms with Crippen molar-refractivity contribution >= 4 is 47.3 Å². The van der Waals surface area contributed by atoms with E-state index in [1.807, 2.05) is 0 Å². The Morgan fingerprint density at radius 3 is 1.18 bits per heavy atom. The molecule has 0 saturated carbocycles. The van der Waals surface area contributed by atoms with Crippen LogP contribution >= 0.6 is 0 Å². The summed E-state index contributed by atoms with van der Waals surface area (Å²) >= 11 is 0. The van der Waals surface area contributed by atoms with E-state index in [0.717, 1.165) is 111 Å². The molecule has 850 valence electrons. The van der Waals surface area contributed by atoms with Gasteiger partial charge in [0.2, 0.25) is 23.6 Å². The summed E-state index contributed by atoms with van der Waals surface area (Å²) in [7, 11) is 0. The number of Topliss-reactive ketones (excluding diaryl/α,β-unsaturated/α-hetero) is 1. The van der Waals surface area contributed by atoms with Gasteiger partial charge in [0.15, 0.2) is 25.2 Å². The number of carboxylic acid groups (broad SMARTS) is 3. The summed E-state index contributed by atoms with van der Waals surface area (Å²) < 4.78 is 84.9. The molecule has 7 rings (SSSR count). The number of ketones is 1. The summed E-state index contributed by atoms with van der Waals surface area (Å²) in [6.45, 7) is -2.10. The maximum Gasteiger partial charge on any atom is 0.364 e. The third-order valence-electron chi connectivity index (χ3n) is 27.5. The van der Waals surface area contributed by atoms with Crippen LogP contribution in [0, 0.1) is 5.92 Å². The number of carbonyl (C=O) groups is 8. The second-order valence-corrected chi connectivity index (χ2v) is 39.2. The Kier molecular flexibility index (Phi) is 54.9. The number of ether oxygens (including phenoxy) is 14. The molecule has 0 spiro atoms. The quantitative estimate of drug-likeness (QED) is 0.0199. The van der Waals surface area contributed by atoms with Crippen LogP contribution in [0.2, 0.25) is 0 Å². The van der Waals surface area contributed by atoms with E-state index >= 15 is 0 Å². The monoisotopic (exact) mass is 2130 g/mol. The molecule has 3 unspecified atom stereocenters. The normalized spacial score (nSPS) is 35.6. The number of allylic oxidation sites excluding steroid dienone is 3. The molecule has 40 atom stereocenters. The van der Waals surface area contributed by atoms with E-state index < -0.39 is 369 Å². The van der Waals surface area contributed by atoms with E-state index in [-0.39, 0.29) is 6.42 Å². The van der Waals surface area contributed by atoms with Gasteiger partial charge in [0.1, 0.15) is 146 Å². The highest BCUT2D eigenvalue weighted by Crippen LogP contribution is 2.46. The first kappa shape index (κ1) is 128. The molecule has 0 aromatic rings. The first-order valence-electron chi connectivity index (χ1n) is 51.2. The van der Waals surface area contributed by atoms with Gasteiger partial charge in [0, 0.05) is 58.8 Å². The first-order chi connectivity index (χ1) is 69.9. The lowest BCUT2D eigenvalue weighted by molar-refractivity contribution is -0.409. The molecule has 0 aromatic heterocycles. The van der Waals surface area contributed by atoms with Gasteiger partial charge in [-0.2, -0.15) is 0 Å². The number of nitrogens with one attached hydrogen (secondary N) is 4. The van der Waals surface area contributed by atoms with Crippen molar-refractivity contribution in [2.24, 2.45) is 5.92 Å². The predicted octanol–water partition coefficient (Wildman–Crippen LogP) is -5.83. The van der Waals surface area contributed by atoms with Crippen molar-refractivity contribution in [2.45, 2.75) is 472 Å². The van der Waals surface area contributed by atoms with E-state index in [1.54, 1.807) is 6.08 Å². The lowest BCUT2D eigenvalue weighted by Crippen LogP contribution is -2.72. The van der Waals surface area contributed by atoms with Crippen LogP contribution < -0.4 is 21.3 Å². The zero-order chi connectivity index (χ0) is 109. The Hall–Kier alpha value is -6.00. The zero-order valence-corrected chi connectivity index (χ0v) is 84.2. The van der Waals surface area contributed by atoms with Crippen LogP contribution in [0.1, 0.15) is 234 Å². The van der Waals surface area contributed by atoms with E-state index in [1.165, 1.54) is 63.9 Å². The van der Waals surface area contributed by atoms with Crippen LogP contribution in [0.4, 0.5) is 0 Å². The molecule has 29 N–H and O–H groups in total. The van der Waals surface area contributed by atoms with Gasteiger partial charge in [-0.3, -0.25) is 19.2 Å². The van der Waals surface area contributed by atoms with Gasteiger partial charge in [-0.15, -0.1) is 0 Å². The van der Waals surface area contributed by atoms with Crippen LogP contribution in [-0.2, 0) is 105 Å². The average Bonchev–Trinajstić information content (AvgIpc) is 0.736. The summed E-state index contributed by atoms with van der Waals surface area (Å²) in [6.07, 6.45) is -47.2. The molecular weight excluding hydrogens is 1960 g/mol. The third-order valence-corrected chi connectivity index (χ3v) is 27.5. The molecule has 7 aliphatic heterocycles. The topological polar surface area (TPSA) is 820 Å². The average molecular weight is 2130 g/mol. The fourth-order valence-corrected chi connectivity index (χ4v) is 19.4. The maximum absolute atomic E-state index is 14.6. The fourth-order valence-electron chi connectivity index (χ4n) is 19.4. The predicted molar refractivity (Wildman–Crippen MR) is 502 cm³/mol.